The zero-order valence-electron chi connectivity index (χ0n) is 13.8. The van der Waals surface area contributed by atoms with Crippen LogP contribution in [0.3, 0.4) is 0 Å². The van der Waals surface area contributed by atoms with Crippen molar-refractivity contribution in [1.82, 2.24) is 5.32 Å². The van der Waals surface area contributed by atoms with E-state index in [0.717, 1.165) is 0 Å². The van der Waals surface area contributed by atoms with Gasteiger partial charge in [0, 0.05) is 11.5 Å². The molecule has 1 unspecified atom stereocenters. The van der Waals surface area contributed by atoms with Gasteiger partial charge in [0.05, 0.1) is 0 Å². The van der Waals surface area contributed by atoms with Crippen LogP contribution < -0.4 is 14.8 Å². The predicted molar refractivity (Wildman–Crippen MR) is 54.8 cm³/mol. The Morgan fingerprint density at radius 2 is 2.50 bits per heavy atom. The maximum Gasteiger partial charge on any atom is 0.231 e. The first-order chi connectivity index (χ1) is 9.06. The summed E-state index contributed by atoms with van der Waals surface area (Å²) in [6, 6.07) is 2.77. The van der Waals surface area contributed by atoms with Crippen LogP contribution in [0.25, 0.3) is 0 Å². The van der Waals surface area contributed by atoms with Crippen molar-refractivity contribution in [2.24, 2.45) is 0 Å². The van der Waals surface area contributed by atoms with Gasteiger partial charge in [0.2, 0.25) is 6.75 Å². The first-order valence-corrected chi connectivity index (χ1v) is 4.26. The van der Waals surface area contributed by atoms with Crippen molar-refractivity contribution < 1.29 is 17.7 Å². The van der Waals surface area contributed by atoms with Gasteiger partial charge in [0.25, 0.3) is 0 Å². The van der Waals surface area contributed by atoms with Crippen molar-refractivity contribution in [3.8, 4) is 11.5 Å². The smallest absolute Gasteiger partial charge is 0.231 e. The summed E-state index contributed by atoms with van der Waals surface area (Å²) in [5, 5.41) is 2.51. The van der Waals surface area contributed by atoms with E-state index >= 15 is 0 Å². The Balaban J connectivity index is 2.25. The first kappa shape index (κ1) is 4.53. The summed E-state index contributed by atoms with van der Waals surface area (Å²) in [7, 11) is 1.42. The van der Waals surface area contributed by atoms with Crippen LogP contribution >= 0.6 is 0 Å². The monoisotopic (exact) mass is 199 g/mol. The number of fused-ring (bicyclic) bond motifs is 1. The number of benzene rings is 1. The lowest BCUT2D eigenvalue weighted by Crippen LogP contribution is -2.23. The van der Waals surface area contributed by atoms with Gasteiger partial charge >= 0.3 is 0 Å². The molecule has 1 aromatic carbocycles. The van der Waals surface area contributed by atoms with E-state index in [2.05, 4.69) is 5.32 Å². The Bertz CT molecular complexity index is 518. The number of ether oxygens (including phenoxy) is 2. The van der Waals surface area contributed by atoms with Gasteiger partial charge in [-0.2, -0.15) is 0 Å². The molecule has 0 aromatic heterocycles. The standard InChI is InChI=1S/C11H15NO2/c1-8(12-2)5-9-3-4-10-11(6-9)14-7-13-10/h3-4,6,8,12H,5,7H2,1-2H3/i1D3,7D2,8D. The van der Waals surface area contributed by atoms with Crippen LogP contribution in [0.5, 0.6) is 11.5 Å². The fraction of sp³-hybridized carbons (Fsp3) is 0.455. The third kappa shape index (κ3) is 1.82. The van der Waals surface area contributed by atoms with Crippen molar-refractivity contribution >= 4 is 0 Å². The number of likely N-dealkylation sites (N-methyl/N-ethyl adjacent to an activating group) is 1. The van der Waals surface area contributed by atoms with Crippen LogP contribution in [-0.4, -0.2) is 19.8 Å². The largest absolute Gasteiger partial charge is 0.454 e. The molecule has 1 aromatic rings. The normalized spacial score (nSPS) is 28.6. The van der Waals surface area contributed by atoms with E-state index in [4.69, 9.17) is 17.7 Å². The topological polar surface area (TPSA) is 30.5 Å². The molecule has 14 heavy (non-hydrogen) atoms. The minimum atomic E-state index is -2.49. The Morgan fingerprint density at radius 1 is 1.64 bits per heavy atom. The number of rotatable bonds is 3. The van der Waals surface area contributed by atoms with Gasteiger partial charge in [0.15, 0.2) is 11.5 Å². The second-order valence-corrected chi connectivity index (χ2v) is 2.97. The minimum absolute atomic E-state index is 0.0698. The summed E-state index contributed by atoms with van der Waals surface area (Å²) in [5.41, 5.74) is 0.547. The van der Waals surface area contributed by atoms with Crippen LogP contribution in [0.2, 0.25) is 0 Å². The first-order valence-electron chi connectivity index (χ1n) is 7.26. The van der Waals surface area contributed by atoms with E-state index in [1.807, 2.05) is 0 Å². The second-order valence-electron chi connectivity index (χ2n) is 2.97. The molecular weight excluding hydrogens is 178 g/mol. The molecule has 1 heterocycles. The van der Waals surface area contributed by atoms with Gasteiger partial charge in [-0.3, -0.25) is 0 Å². The molecule has 0 amide bonds. The minimum Gasteiger partial charge on any atom is -0.454 e. The number of hydrogen-bond acceptors (Lipinski definition) is 3. The molecule has 2 rings (SSSR count). The molecule has 76 valence electrons. The quantitative estimate of drug-likeness (QED) is 0.801. The van der Waals surface area contributed by atoms with Gasteiger partial charge in [-0.15, -0.1) is 0 Å². The lowest BCUT2D eigenvalue weighted by Gasteiger charge is -2.09. The summed E-state index contributed by atoms with van der Waals surface area (Å²) in [5.74, 6) is 0.462. The van der Waals surface area contributed by atoms with Crippen molar-refractivity contribution in [1.29, 1.82) is 0 Å². The Hall–Kier alpha value is -1.22. The van der Waals surface area contributed by atoms with Crippen molar-refractivity contribution in [2.45, 2.75) is 19.3 Å². The number of nitrogens with one attached hydrogen (secondary N) is 1. The van der Waals surface area contributed by atoms with Crippen molar-refractivity contribution in [2.75, 3.05) is 13.8 Å². The Labute approximate surface area is 92.5 Å². The lowest BCUT2D eigenvalue weighted by molar-refractivity contribution is 0.174. The van der Waals surface area contributed by atoms with Gasteiger partial charge in [-0.25, -0.2) is 0 Å². The average Bonchev–Trinajstić information content (AvgIpc) is 2.60. The third-order valence-electron chi connectivity index (χ3n) is 1.99. The molecule has 1 atom stereocenters. The fourth-order valence-corrected chi connectivity index (χ4v) is 1.23. The van der Waals surface area contributed by atoms with E-state index in [-0.39, 0.29) is 17.9 Å². The molecule has 0 radical (unpaired) electrons. The zero-order valence-corrected chi connectivity index (χ0v) is 7.76. The van der Waals surface area contributed by atoms with Crippen LogP contribution in [-0.2, 0) is 6.42 Å². The fourth-order valence-electron chi connectivity index (χ4n) is 1.23. The second kappa shape index (κ2) is 3.88. The SMILES string of the molecule is [2H]C1([2H])Oc2ccc(CC([2H])(NC)C([2H])([2H])[2H])cc2O1. The lowest BCUT2D eigenvalue weighted by atomic mass is 10.1. The van der Waals surface area contributed by atoms with Gasteiger partial charge < -0.3 is 14.8 Å². The highest BCUT2D eigenvalue weighted by Gasteiger charge is 2.13. The highest BCUT2D eigenvalue weighted by Crippen LogP contribution is 2.32. The van der Waals surface area contributed by atoms with E-state index in [0.29, 0.717) is 5.56 Å². The average molecular weight is 199 g/mol. The van der Waals surface area contributed by atoms with Crippen molar-refractivity contribution in [3.05, 3.63) is 23.8 Å². The molecule has 3 heteroatoms. The molecule has 0 bridgehead atoms. The van der Waals surface area contributed by atoms with Crippen LogP contribution in [0.1, 0.15) is 20.6 Å². The maximum atomic E-state index is 8.01. The highest BCUT2D eigenvalue weighted by atomic mass is 16.7. The van der Waals surface area contributed by atoms with Gasteiger partial charge in [0.1, 0.15) is 2.74 Å². The summed E-state index contributed by atoms with van der Waals surface area (Å²) < 4.78 is 54.8. The summed E-state index contributed by atoms with van der Waals surface area (Å²) in [6.07, 6.45) is -0.0698. The Morgan fingerprint density at radius 3 is 3.29 bits per heavy atom. The maximum absolute atomic E-state index is 8.01. The van der Waals surface area contributed by atoms with E-state index in [1.54, 1.807) is 6.07 Å². The molecule has 0 saturated carbocycles. The molecule has 1 N–H and O–H groups in total. The van der Waals surface area contributed by atoms with E-state index in [9.17, 15) is 0 Å². The molecule has 3 nitrogen and oxygen atoms in total. The van der Waals surface area contributed by atoms with Gasteiger partial charge in [-0.05, 0) is 38.0 Å². The van der Waals surface area contributed by atoms with Crippen LogP contribution in [0.4, 0.5) is 0 Å². The third-order valence-corrected chi connectivity index (χ3v) is 1.99. The predicted octanol–water partition coefficient (Wildman–Crippen LogP) is 1.57. The molecule has 0 fully saturated rings. The van der Waals surface area contributed by atoms with E-state index in [1.165, 1.54) is 19.2 Å². The molecule has 1 aliphatic rings. The molecule has 0 saturated heterocycles. The molecular formula is C11H15NO2. The van der Waals surface area contributed by atoms with Crippen LogP contribution in [0.15, 0.2) is 18.2 Å². The summed E-state index contributed by atoms with van der Waals surface area (Å²) in [6.45, 7) is -4.71. The summed E-state index contributed by atoms with van der Waals surface area (Å²) >= 11 is 0. The Kier molecular flexibility index (Phi) is 1.26. The molecule has 0 aliphatic carbocycles. The van der Waals surface area contributed by atoms with Crippen LogP contribution in [0, 0.1) is 0 Å². The summed E-state index contributed by atoms with van der Waals surface area (Å²) in [4.78, 5) is 0. The number of hydrogen-bond donors (Lipinski definition) is 1. The highest BCUT2D eigenvalue weighted by molar-refractivity contribution is 5.44. The molecule has 0 spiro atoms. The van der Waals surface area contributed by atoms with E-state index < -0.39 is 19.6 Å². The zero-order chi connectivity index (χ0) is 15.2. The molecule has 1 aliphatic heterocycles. The van der Waals surface area contributed by atoms with Crippen molar-refractivity contribution in [3.63, 3.8) is 0 Å². The van der Waals surface area contributed by atoms with Gasteiger partial charge in [-0.1, -0.05) is 6.07 Å².